The number of hydrogen-bond acceptors (Lipinski definition) is 6. The van der Waals surface area contributed by atoms with Crippen LogP contribution >= 0.6 is 0 Å². The molecule has 2 N–H and O–H groups in total. The van der Waals surface area contributed by atoms with E-state index in [-0.39, 0.29) is 22.6 Å². The van der Waals surface area contributed by atoms with E-state index < -0.39 is 11.9 Å². The molecule has 0 spiro atoms. The van der Waals surface area contributed by atoms with Crippen molar-refractivity contribution in [1.29, 1.82) is 0 Å². The zero-order valence-electron chi connectivity index (χ0n) is 17.8. The summed E-state index contributed by atoms with van der Waals surface area (Å²) in [5.74, 6) is -0.475. The summed E-state index contributed by atoms with van der Waals surface area (Å²) in [5, 5.41) is 22.3. The summed E-state index contributed by atoms with van der Waals surface area (Å²) in [4.78, 5) is 25.2. The summed E-state index contributed by atoms with van der Waals surface area (Å²) in [6.07, 6.45) is 0. The largest absolute Gasteiger partial charge is 0.508 e. The van der Waals surface area contributed by atoms with Crippen molar-refractivity contribution in [1.82, 2.24) is 0 Å². The number of phenolic OH excluding ortho intramolecular Hbond substituents is 2. The van der Waals surface area contributed by atoms with Gasteiger partial charge in [0.2, 0.25) is 0 Å². The highest BCUT2D eigenvalue weighted by Crippen LogP contribution is 2.34. The number of rotatable bonds is 4. The van der Waals surface area contributed by atoms with Gasteiger partial charge in [-0.25, -0.2) is 9.59 Å². The predicted octanol–water partition coefficient (Wildman–Crippen LogP) is 5.84. The van der Waals surface area contributed by atoms with Crippen molar-refractivity contribution in [3.8, 4) is 23.0 Å². The third-order valence-corrected chi connectivity index (χ3v) is 5.37. The molecule has 0 aromatic heterocycles. The van der Waals surface area contributed by atoms with E-state index in [2.05, 4.69) is 0 Å². The van der Waals surface area contributed by atoms with Crippen LogP contribution in [-0.4, -0.2) is 22.2 Å². The van der Waals surface area contributed by atoms with Crippen LogP contribution in [0.4, 0.5) is 0 Å². The minimum atomic E-state index is -0.586. The molecule has 0 aliphatic heterocycles. The van der Waals surface area contributed by atoms with Crippen molar-refractivity contribution in [2.45, 2.75) is 0 Å². The van der Waals surface area contributed by atoms with Gasteiger partial charge >= 0.3 is 11.9 Å². The van der Waals surface area contributed by atoms with Gasteiger partial charge < -0.3 is 19.7 Å². The van der Waals surface area contributed by atoms with Gasteiger partial charge in [0.05, 0.1) is 11.1 Å². The lowest BCUT2D eigenvalue weighted by atomic mass is 10.0. The Kier molecular flexibility index (Phi) is 5.32. The van der Waals surface area contributed by atoms with Gasteiger partial charge in [0.1, 0.15) is 23.0 Å². The van der Waals surface area contributed by atoms with Crippen molar-refractivity contribution in [3.63, 3.8) is 0 Å². The minimum absolute atomic E-state index is 0.0221. The number of phenols is 2. The molecule has 5 rings (SSSR count). The Hall–Kier alpha value is -4.84. The Balaban J connectivity index is 1.51. The zero-order chi connectivity index (χ0) is 23.7. The van der Waals surface area contributed by atoms with Crippen LogP contribution in [0.5, 0.6) is 23.0 Å². The second kappa shape index (κ2) is 8.60. The summed E-state index contributed by atoms with van der Waals surface area (Å²) in [5.41, 5.74) is 0.470. The monoisotopic (exact) mass is 450 g/mol. The first kappa shape index (κ1) is 21.0. The first-order valence-electron chi connectivity index (χ1n) is 10.5. The maximum absolute atomic E-state index is 12.6. The van der Waals surface area contributed by atoms with E-state index in [4.69, 9.17) is 9.47 Å². The van der Waals surface area contributed by atoms with E-state index in [9.17, 15) is 19.8 Å². The molecule has 0 bridgehead atoms. The average Bonchev–Trinajstić information content (AvgIpc) is 2.83. The third kappa shape index (κ3) is 4.12. The fourth-order valence-corrected chi connectivity index (χ4v) is 3.75. The molecule has 0 heterocycles. The zero-order valence-corrected chi connectivity index (χ0v) is 17.8. The molecular formula is C28H18O6. The summed E-state index contributed by atoms with van der Waals surface area (Å²) < 4.78 is 11.2. The lowest BCUT2D eigenvalue weighted by Crippen LogP contribution is -2.09. The fraction of sp³-hybridized carbons (Fsp3) is 0. The lowest BCUT2D eigenvalue weighted by molar-refractivity contribution is 0.0727. The van der Waals surface area contributed by atoms with Crippen molar-refractivity contribution in [2.75, 3.05) is 0 Å². The van der Waals surface area contributed by atoms with Crippen molar-refractivity contribution in [2.24, 2.45) is 0 Å². The number of aromatic hydroxyl groups is 2. The molecule has 34 heavy (non-hydrogen) atoms. The molecule has 0 saturated carbocycles. The number of benzene rings is 5. The summed E-state index contributed by atoms with van der Waals surface area (Å²) in [6, 6.07) is 26.3. The van der Waals surface area contributed by atoms with Gasteiger partial charge in [0.25, 0.3) is 0 Å². The van der Waals surface area contributed by atoms with Crippen molar-refractivity contribution < 1.29 is 29.3 Å². The average molecular weight is 450 g/mol. The Morgan fingerprint density at radius 1 is 0.529 bits per heavy atom. The molecule has 166 valence electrons. The van der Waals surface area contributed by atoms with E-state index in [1.807, 2.05) is 24.3 Å². The minimum Gasteiger partial charge on any atom is -0.508 e. The van der Waals surface area contributed by atoms with Gasteiger partial charge in [-0.05, 0) is 71.4 Å². The smallest absolute Gasteiger partial charge is 0.343 e. The molecule has 5 aromatic carbocycles. The summed E-state index contributed by atoms with van der Waals surface area (Å²) in [7, 11) is 0. The summed E-state index contributed by atoms with van der Waals surface area (Å²) >= 11 is 0. The molecule has 0 amide bonds. The second-order valence-electron chi connectivity index (χ2n) is 7.69. The van der Waals surface area contributed by atoms with E-state index in [0.29, 0.717) is 22.3 Å². The van der Waals surface area contributed by atoms with Crippen LogP contribution in [0.2, 0.25) is 0 Å². The van der Waals surface area contributed by atoms with Crippen molar-refractivity contribution in [3.05, 3.63) is 108 Å². The Labute approximate surface area is 194 Å². The Morgan fingerprint density at radius 3 is 1.35 bits per heavy atom. The maximum atomic E-state index is 12.6. The Morgan fingerprint density at radius 2 is 0.941 bits per heavy atom. The van der Waals surface area contributed by atoms with E-state index in [0.717, 1.165) is 10.8 Å². The van der Waals surface area contributed by atoms with E-state index in [1.165, 1.54) is 24.3 Å². The molecule has 0 fully saturated rings. The van der Waals surface area contributed by atoms with Crippen LogP contribution in [0.15, 0.2) is 97.1 Å². The molecule has 0 saturated heterocycles. The van der Waals surface area contributed by atoms with Crippen LogP contribution in [0, 0.1) is 0 Å². The molecule has 0 aliphatic rings. The molecule has 6 heteroatoms. The van der Waals surface area contributed by atoms with Crippen LogP contribution in [0.25, 0.3) is 21.5 Å². The predicted molar refractivity (Wildman–Crippen MR) is 128 cm³/mol. The van der Waals surface area contributed by atoms with Crippen LogP contribution in [-0.2, 0) is 0 Å². The quantitative estimate of drug-likeness (QED) is 0.203. The third-order valence-electron chi connectivity index (χ3n) is 5.37. The highest BCUT2D eigenvalue weighted by atomic mass is 16.5. The van der Waals surface area contributed by atoms with E-state index in [1.54, 1.807) is 48.5 Å². The highest BCUT2D eigenvalue weighted by molar-refractivity contribution is 6.05. The first-order chi connectivity index (χ1) is 16.5. The van der Waals surface area contributed by atoms with Gasteiger partial charge in [-0.3, -0.25) is 0 Å². The number of fused-ring (bicyclic) bond motifs is 2. The van der Waals surface area contributed by atoms with Crippen molar-refractivity contribution >= 4 is 33.5 Å². The van der Waals surface area contributed by atoms with Crippen LogP contribution in [0.1, 0.15) is 20.7 Å². The van der Waals surface area contributed by atoms with E-state index >= 15 is 0 Å². The first-order valence-corrected chi connectivity index (χ1v) is 10.5. The number of ether oxygens (including phenoxy) is 2. The van der Waals surface area contributed by atoms with Gasteiger partial charge in [-0.1, -0.05) is 36.4 Å². The van der Waals surface area contributed by atoms with Crippen LogP contribution < -0.4 is 9.47 Å². The molecule has 0 radical (unpaired) electrons. The van der Waals surface area contributed by atoms with Gasteiger partial charge in [-0.2, -0.15) is 0 Å². The topological polar surface area (TPSA) is 93.1 Å². The molecule has 0 atom stereocenters. The highest BCUT2D eigenvalue weighted by Gasteiger charge is 2.15. The Bertz CT molecular complexity index is 1450. The van der Waals surface area contributed by atoms with Gasteiger partial charge in [0.15, 0.2) is 0 Å². The normalized spacial score (nSPS) is 10.8. The molecule has 5 aromatic rings. The molecule has 0 unspecified atom stereocenters. The van der Waals surface area contributed by atoms with Gasteiger partial charge in [0, 0.05) is 10.8 Å². The maximum Gasteiger partial charge on any atom is 0.343 e. The SMILES string of the molecule is O=C(Oc1cccc2cc3c(OC(=O)c4cccc(O)c4)cccc3cc12)c1cccc(O)c1. The molecular weight excluding hydrogens is 432 g/mol. The second-order valence-corrected chi connectivity index (χ2v) is 7.69. The summed E-state index contributed by atoms with van der Waals surface area (Å²) in [6.45, 7) is 0. The van der Waals surface area contributed by atoms with Gasteiger partial charge in [-0.15, -0.1) is 0 Å². The number of carbonyl (C=O) groups excluding carboxylic acids is 2. The number of esters is 2. The number of hydrogen-bond donors (Lipinski definition) is 2. The molecule has 0 aliphatic carbocycles. The van der Waals surface area contributed by atoms with Crippen LogP contribution in [0.3, 0.4) is 0 Å². The lowest BCUT2D eigenvalue weighted by Gasteiger charge is -2.12. The fourth-order valence-electron chi connectivity index (χ4n) is 3.75. The number of carbonyl (C=O) groups is 2. The molecule has 6 nitrogen and oxygen atoms in total. The standard InChI is InChI=1S/C28H18O6/c29-21-9-1-7-19(13-21)27(31)33-25-11-3-5-17-16-24-18(15-23(17)25)6-4-12-26(24)34-28(32)20-8-2-10-22(30)14-20/h1-16,29-30H.